The van der Waals surface area contributed by atoms with Gasteiger partial charge < -0.3 is 0 Å². The van der Waals surface area contributed by atoms with Crippen molar-refractivity contribution in [2.75, 3.05) is 0 Å². The molecule has 0 atom stereocenters. The van der Waals surface area contributed by atoms with Crippen molar-refractivity contribution in [1.82, 2.24) is 8.96 Å². The summed E-state index contributed by atoms with van der Waals surface area (Å²) in [4.78, 5) is 4.82. The van der Waals surface area contributed by atoms with Crippen molar-refractivity contribution in [1.29, 1.82) is 0 Å². The quantitative estimate of drug-likeness (QED) is 0.286. The van der Waals surface area contributed by atoms with Crippen LogP contribution in [-0.2, 0) is 16.4 Å². The molecule has 0 saturated heterocycles. The Hall–Kier alpha value is -1.96. The molecule has 0 amide bonds. The van der Waals surface area contributed by atoms with Crippen molar-refractivity contribution in [2.45, 2.75) is 32.1 Å². The van der Waals surface area contributed by atoms with E-state index in [9.17, 15) is 8.42 Å². The molecular formula is C23H20Br2N2O2S. The van der Waals surface area contributed by atoms with Gasteiger partial charge in [-0.05, 0) is 87.5 Å². The zero-order valence-corrected chi connectivity index (χ0v) is 20.8. The van der Waals surface area contributed by atoms with E-state index >= 15 is 0 Å². The molecule has 0 aliphatic carbocycles. The van der Waals surface area contributed by atoms with Gasteiger partial charge in [0.25, 0.3) is 10.0 Å². The van der Waals surface area contributed by atoms with Gasteiger partial charge in [-0.25, -0.2) is 12.4 Å². The molecule has 4 nitrogen and oxygen atoms in total. The molecule has 4 aromatic rings. The minimum atomic E-state index is -3.80. The molecule has 0 N–H and O–H groups in total. The van der Waals surface area contributed by atoms with Crippen LogP contribution in [0, 0.1) is 13.8 Å². The van der Waals surface area contributed by atoms with E-state index in [1.54, 1.807) is 18.3 Å². The number of fused-ring (bicyclic) bond motifs is 3. The molecule has 0 spiro atoms. The lowest BCUT2D eigenvalue weighted by Gasteiger charge is -2.10. The van der Waals surface area contributed by atoms with Crippen LogP contribution in [0.25, 0.3) is 27.9 Å². The van der Waals surface area contributed by atoms with Crippen LogP contribution in [0.5, 0.6) is 0 Å². The molecule has 154 valence electrons. The summed E-state index contributed by atoms with van der Waals surface area (Å²) in [6.07, 6.45) is 4.33. The molecule has 30 heavy (non-hydrogen) atoms. The third-order valence-corrected chi connectivity index (χ3v) is 7.54. The molecule has 2 aromatic carbocycles. The highest BCUT2D eigenvalue weighted by Gasteiger charge is 2.26. The van der Waals surface area contributed by atoms with Crippen molar-refractivity contribution in [2.24, 2.45) is 0 Å². The normalized spacial score (nSPS) is 11.9. The summed E-state index contributed by atoms with van der Waals surface area (Å²) >= 11 is 6.79. The van der Waals surface area contributed by atoms with E-state index in [0.717, 1.165) is 43.0 Å². The van der Waals surface area contributed by atoms with Crippen molar-refractivity contribution < 1.29 is 8.42 Å². The smallest absolute Gasteiger partial charge is 0.254 e. The number of nitrogens with zero attached hydrogens (tertiary/aromatic N) is 2. The number of hydrogen-bond donors (Lipinski definition) is 0. The largest absolute Gasteiger partial charge is 0.268 e. The van der Waals surface area contributed by atoms with E-state index in [1.807, 2.05) is 44.2 Å². The number of benzene rings is 2. The minimum Gasteiger partial charge on any atom is -0.254 e. The number of aryl methyl sites for hydroxylation is 3. The highest BCUT2D eigenvalue weighted by Crippen LogP contribution is 2.37. The summed E-state index contributed by atoms with van der Waals surface area (Å²) in [6, 6.07) is 12.8. The molecule has 0 bridgehead atoms. The van der Waals surface area contributed by atoms with E-state index < -0.39 is 10.0 Å². The second kappa shape index (κ2) is 7.94. The topological polar surface area (TPSA) is 52.0 Å². The van der Waals surface area contributed by atoms with Gasteiger partial charge in [-0.2, -0.15) is 0 Å². The Morgan fingerprint density at radius 2 is 1.73 bits per heavy atom. The Labute approximate surface area is 192 Å². The average molecular weight is 548 g/mol. The third kappa shape index (κ3) is 3.43. The van der Waals surface area contributed by atoms with Gasteiger partial charge in [0.05, 0.1) is 31.2 Å². The van der Waals surface area contributed by atoms with Gasteiger partial charge in [-0.1, -0.05) is 36.8 Å². The highest BCUT2D eigenvalue weighted by molar-refractivity contribution is 9.28. The number of halogens is 2. The van der Waals surface area contributed by atoms with Gasteiger partial charge >= 0.3 is 0 Å². The van der Waals surface area contributed by atoms with Gasteiger partial charge in [-0.3, -0.25) is 4.98 Å². The minimum absolute atomic E-state index is 0.263. The second-order valence-electron chi connectivity index (χ2n) is 7.21. The first-order chi connectivity index (χ1) is 14.3. The first-order valence-corrected chi connectivity index (χ1v) is 12.5. The monoisotopic (exact) mass is 546 g/mol. The van der Waals surface area contributed by atoms with E-state index in [1.165, 1.54) is 3.97 Å². The van der Waals surface area contributed by atoms with Crippen LogP contribution < -0.4 is 0 Å². The van der Waals surface area contributed by atoms with Gasteiger partial charge in [-0.15, -0.1) is 0 Å². The summed E-state index contributed by atoms with van der Waals surface area (Å²) in [6.45, 7) is 6.01. The van der Waals surface area contributed by atoms with Crippen molar-refractivity contribution in [3.8, 4) is 0 Å². The van der Waals surface area contributed by atoms with Gasteiger partial charge in [0.2, 0.25) is 0 Å². The van der Waals surface area contributed by atoms with E-state index in [2.05, 4.69) is 49.8 Å². The second-order valence-corrected chi connectivity index (χ2v) is 11.8. The number of rotatable bonds is 4. The molecule has 0 aliphatic heterocycles. The highest BCUT2D eigenvalue weighted by atomic mass is 79.9. The summed E-state index contributed by atoms with van der Waals surface area (Å²) in [5.41, 5.74) is 5.11. The maximum Gasteiger partial charge on any atom is 0.268 e. The van der Waals surface area contributed by atoms with Crippen LogP contribution in [0.4, 0.5) is 0 Å². The fourth-order valence-corrected chi connectivity index (χ4v) is 5.81. The van der Waals surface area contributed by atoms with Crippen LogP contribution in [0.3, 0.4) is 0 Å². The van der Waals surface area contributed by atoms with Gasteiger partial charge in [0, 0.05) is 10.8 Å². The van der Waals surface area contributed by atoms with E-state index in [4.69, 9.17) is 0 Å². The van der Waals surface area contributed by atoms with Crippen molar-refractivity contribution >= 4 is 69.8 Å². The maximum atomic E-state index is 13.7. The zero-order valence-electron chi connectivity index (χ0n) is 16.8. The maximum absolute atomic E-state index is 13.7. The molecule has 0 unspecified atom stereocenters. The number of pyridine rings is 1. The molecule has 7 heteroatoms. The van der Waals surface area contributed by atoms with Crippen molar-refractivity contribution in [3.63, 3.8) is 0 Å². The predicted octanol–water partition coefficient (Wildman–Crippen LogP) is 6.69. The zero-order chi connectivity index (χ0) is 21.6. The number of aromatic nitrogens is 2. The lowest BCUT2D eigenvalue weighted by Crippen LogP contribution is -2.13. The molecule has 0 fully saturated rings. The average Bonchev–Trinajstić information content (AvgIpc) is 3.06. The number of hydrogen-bond acceptors (Lipinski definition) is 3. The first-order valence-electron chi connectivity index (χ1n) is 9.52. The Kier molecular flexibility index (Phi) is 5.64. The molecule has 0 radical (unpaired) electrons. The third-order valence-electron chi connectivity index (χ3n) is 5.34. The molecule has 0 saturated carbocycles. The fourth-order valence-electron chi connectivity index (χ4n) is 3.87. The molecule has 4 rings (SSSR count). The van der Waals surface area contributed by atoms with Gasteiger partial charge in [0.15, 0.2) is 0 Å². The Morgan fingerprint density at radius 1 is 1.03 bits per heavy atom. The Balaban J connectivity index is 2.19. The first kappa shape index (κ1) is 21.3. The van der Waals surface area contributed by atoms with Crippen molar-refractivity contribution in [3.05, 3.63) is 74.4 Å². The summed E-state index contributed by atoms with van der Waals surface area (Å²) in [5, 5.41) is 1.88. The molecule has 2 heterocycles. The molecular weight excluding hydrogens is 528 g/mol. The standard InChI is InChI=1S/C23H20Br2N2O2S/c1-4-16-6-5-7-19-23(16)22-15(3)18(12-21(24)25)26-13-20(22)27(19)30(28,29)17-10-8-14(2)9-11-17/h5-13H,4H2,1-3H3. The van der Waals surface area contributed by atoms with Gasteiger partial charge in [0.1, 0.15) is 0 Å². The van der Waals surface area contributed by atoms with Crippen LogP contribution in [-0.4, -0.2) is 17.4 Å². The Morgan fingerprint density at radius 3 is 2.37 bits per heavy atom. The van der Waals surface area contributed by atoms with E-state index in [0.29, 0.717) is 11.0 Å². The lowest BCUT2D eigenvalue weighted by atomic mass is 10.0. The van der Waals surface area contributed by atoms with Crippen LogP contribution in [0.1, 0.15) is 29.3 Å². The predicted molar refractivity (Wildman–Crippen MR) is 131 cm³/mol. The summed E-state index contributed by atoms with van der Waals surface area (Å²) < 4.78 is 29.6. The van der Waals surface area contributed by atoms with Crippen LogP contribution >= 0.6 is 31.9 Å². The van der Waals surface area contributed by atoms with Crippen LogP contribution in [0.15, 0.2) is 56.9 Å². The van der Waals surface area contributed by atoms with Crippen LogP contribution in [0.2, 0.25) is 0 Å². The lowest BCUT2D eigenvalue weighted by molar-refractivity contribution is 0.590. The Bertz CT molecular complexity index is 1420. The molecule has 2 aromatic heterocycles. The molecule has 0 aliphatic rings. The van der Waals surface area contributed by atoms with E-state index in [-0.39, 0.29) is 4.90 Å². The summed E-state index contributed by atoms with van der Waals surface area (Å²) in [5.74, 6) is 0. The fraction of sp³-hybridized carbons (Fsp3) is 0.174. The SMILES string of the molecule is CCc1cccc2c1c1c(C)c(C=C(Br)Br)ncc1n2S(=O)(=O)c1ccc(C)cc1. The summed E-state index contributed by atoms with van der Waals surface area (Å²) in [7, 11) is -3.80.